The Bertz CT molecular complexity index is 521. The van der Waals surface area contributed by atoms with E-state index < -0.39 is 23.9 Å². The average Bonchev–Trinajstić information content (AvgIpc) is 2.49. The molecule has 1 rings (SSSR count). The van der Waals surface area contributed by atoms with Crippen molar-refractivity contribution in [2.24, 2.45) is 0 Å². The van der Waals surface area contributed by atoms with Crippen LogP contribution in [0.25, 0.3) is 0 Å². The summed E-state index contributed by atoms with van der Waals surface area (Å²) in [6.45, 7) is -0.593. The lowest BCUT2D eigenvalue weighted by atomic mass is 9.96. The molecular weight excluding hydrogens is 289 g/mol. The van der Waals surface area contributed by atoms with Gasteiger partial charge in [0.2, 0.25) is 7.85 Å². The zero-order valence-electron chi connectivity index (χ0n) is 12.2. The number of amides is 1. The molecule has 3 N–H and O–H groups in total. The first-order valence-electron chi connectivity index (χ1n) is 6.75. The quantitative estimate of drug-likeness (QED) is 0.440. The lowest BCUT2D eigenvalue weighted by molar-refractivity contribution is -0.149. The number of ether oxygens (including phenoxy) is 1. The molecule has 1 amide bonds. The first kappa shape index (κ1) is 17.7. The lowest BCUT2D eigenvalue weighted by Gasteiger charge is -2.17. The van der Waals surface area contributed by atoms with Gasteiger partial charge in [0.15, 0.2) is 5.81 Å². The summed E-state index contributed by atoms with van der Waals surface area (Å²) in [5.41, 5.74) is 0.507. The molecule has 7 nitrogen and oxygen atoms in total. The Labute approximate surface area is 128 Å². The number of carboxylic acid groups (broad SMARTS) is 1. The zero-order chi connectivity index (χ0) is 16.5. The van der Waals surface area contributed by atoms with Crippen LogP contribution in [0.2, 0.25) is 0 Å². The standard InChI is InChI=1S/C14H18BNO6/c15-14(21)16-10(7-17)8-22-12(18)6-11(13(19)20)9-4-2-1-3-5-9/h1-5,10-11,17H,6-8,15H2,(H,16,21)(H,19,20). The van der Waals surface area contributed by atoms with E-state index in [2.05, 4.69) is 5.32 Å². The van der Waals surface area contributed by atoms with Gasteiger partial charge in [-0.2, -0.15) is 0 Å². The number of hydrogen-bond donors (Lipinski definition) is 3. The highest BCUT2D eigenvalue weighted by Gasteiger charge is 2.24. The van der Waals surface area contributed by atoms with Gasteiger partial charge in [-0.05, 0) is 5.56 Å². The van der Waals surface area contributed by atoms with Gasteiger partial charge in [-0.25, -0.2) is 0 Å². The second-order valence-electron chi connectivity index (χ2n) is 4.77. The van der Waals surface area contributed by atoms with Gasteiger partial charge in [-0.3, -0.25) is 14.4 Å². The van der Waals surface area contributed by atoms with E-state index in [9.17, 15) is 19.5 Å². The summed E-state index contributed by atoms with van der Waals surface area (Å²) in [5.74, 6) is -3.19. The summed E-state index contributed by atoms with van der Waals surface area (Å²) in [5, 5.41) is 20.7. The number of nitrogens with one attached hydrogen (secondary N) is 1. The summed E-state index contributed by atoms with van der Waals surface area (Å²) in [6.07, 6.45) is -0.322. The van der Waals surface area contributed by atoms with Crippen molar-refractivity contribution in [2.45, 2.75) is 18.4 Å². The van der Waals surface area contributed by atoms with Crippen molar-refractivity contribution in [3.63, 3.8) is 0 Å². The molecule has 0 saturated carbocycles. The van der Waals surface area contributed by atoms with Crippen LogP contribution in [0.4, 0.5) is 4.79 Å². The molecule has 0 aromatic heterocycles. The highest BCUT2D eigenvalue weighted by atomic mass is 16.5. The molecule has 8 heteroatoms. The summed E-state index contributed by atoms with van der Waals surface area (Å²) in [4.78, 5) is 33.9. The summed E-state index contributed by atoms with van der Waals surface area (Å²) < 4.78 is 4.92. The third kappa shape index (κ3) is 5.96. The van der Waals surface area contributed by atoms with E-state index in [1.54, 1.807) is 30.3 Å². The lowest BCUT2D eigenvalue weighted by Crippen LogP contribution is -2.40. The molecule has 2 atom stereocenters. The summed E-state index contributed by atoms with van der Waals surface area (Å²) in [6, 6.07) is 7.67. The average molecular weight is 307 g/mol. The van der Waals surface area contributed by atoms with Gasteiger partial charge >= 0.3 is 11.9 Å². The number of carbonyl (C=O) groups excluding carboxylic acids is 2. The van der Waals surface area contributed by atoms with Gasteiger partial charge in [0.25, 0.3) is 0 Å². The van der Waals surface area contributed by atoms with E-state index in [-0.39, 0.29) is 25.4 Å². The minimum atomic E-state index is -1.12. The van der Waals surface area contributed by atoms with E-state index in [0.29, 0.717) is 5.56 Å². The number of esters is 1. The monoisotopic (exact) mass is 307 g/mol. The topological polar surface area (TPSA) is 113 Å². The number of aliphatic hydroxyl groups excluding tert-OH is 1. The second kappa shape index (κ2) is 8.83. The molecule has 1 aromatic rings. The van der Waals surface area contributed by atoms with E-state index in [4.69, 9.17) is 9.84 Å². The minimum absolute atomic E-state index is 0.212. The predicted molar refractivity (Wildman–Crippen MR) is 80.3 cm³/mol. The smallest absolute Gasteiger partial charge is 0.311 e. The molecule has 0 radical (unpaired) electrons. The van der Waals surface area contributed by atoms with E-state index in [1.807, 2.05) is 0 Å². The summed E-state index contributed by atoms with van der Waals surface area (Å²) in [7, 11) is 1.28. The molecular formula is C14H18BNO6. The Balaban J connectivity index is 2.58. The van der Waals surface area contributed by atoms with Crippen molar-refractivity contribution in [3.05, 3.63) is 35.9 Å². The number of hydrogen-bond acceptors (Lipinski definition) is 5. The maximum Gasteiger partial charge on any atom is 0.311 e. The van der Waals surface area contributed by atoms with Crippen LogP contribution in [0.5, 0.6) is 0 Å². The van der Waals surface area contributed by atoms with Crippen LogP contribution >= 0.6 is 0 Å². The third-order valence-electron chi connectivity index (χ3n) is 2.94. The van der Waals surface area contributed by atoms with Crippen LogP contribution in [0.3, 0.4) is 0 Å². The molecule has 118 valence electrons. The molecule has 22 heavy (non-hydrogen) atoms. The molecule has 0 spiro atoms. The molecule has 2 unspecified atom stereocenters. The number of rotatable bonds is 8. The fourth-order valence-corrected chi connectivity index (χ4v) is 1.88. The van der Waals surface area contributed by atoms with Crippen molar-refractivity contribution in [2.75, 3.05) is 13.2 Å². The maximum absolute atomic E-state index is 11.8. The molecule has 0 heterocycles. The van der Waals surface area contributed by atoms with Crippen LogP contribution in [0.1, 0.15) is 17.9 Å². The van der Waals surface area contributed by atoms with Crippen molar-refractivity contribution < 1.29 is 29.3 Å². The number of carboxylic acids is 1. The highest BCUT2D eigenvalue weighted by molar-refractivity contribution is 6.57. The van der Waals surface area contributed by atoms with Gasteiger partial charge in [-0.1, -0.05) is 30.3 Å². The van der Waals surface area contributed by atoms with Gasteiger partial charge in [0, 0.05) is 0 Å². The highest BCUT2D eigenvalue weighted by Crippen LogP contribution is 2.20. The Morgan fingerprint density at radius 1 is 1.23 bits per heavy atom. The van der Waals surface area contributed by atoms with Crippen molar-refractivity contribution in [3.8, 4) is 0 Å². The van der Waals surface area contributed by atoms with Gasteiger partial charge in [-0.15, -0.1) is 0 Å². The normalized spacial score (nSPS) is 13.0. The molecule has 0 fully saturated rings. The van der Waals surface area contributed by atoms with Gasteiger partial charge < -0.3 is 20.3 Å². The van der Waals surface area contributed by atoms with Crippen LogP contribution < -0.4 is 5.32 Å². The molecule has 0 aliphatic rings. The fourth-order valence-electron chi connectivity index (χ4n) is 1.88. The van der Waals surface area contributed by atoms with Crippen molar-refractivity contribution in [1.29, 1.82) is 0 Å². The molecule has 0 bridgehead atoms. The zero-order valence-corrected chi connectivity index (χ0v) is 12.2. The number of carbonyl (C=O) groups is 3. The number of aliphatic hydroxyl groups is 1. The van der Waals surface area contributed by atoms with Crippen molar-refractivity contribution in [1.82, 2.24) is 5.32 Å². The Morgan fingerprint density at radius 3 is 2.36 bits per heavy atom. The van der Waals surface area contributed by atoms with Crippen LogP contribution in [0.15, 0.2) is 30.3 Å². The largest absolute Gasteiger partial charge is 0.481 e. The Hall–Kier alpha value is -2.35. The first-order valence-corrected chi connectivity index (χ1v) is 6.75. The SMILES string of the molecule is BC(=O)NC(CO)COC(=O)CC(C(=O)O)c1ccccc1. The van der Waals surface area contributed by atoms with Crippen molar-refractivity contribution >= 4 is 25.6 Å². The Kier molecular flexibility index (Phi) is 7.11. The van der Waals surface area contributed by atoms with Crippen LogP contribution in [-0.4, -0.2) is 55.1 Å². The number of aliphatic carboxylic acids is 1. The first-order chi connectivity index (χ1) is 10.4. The molecule has 1 aromatic carbocycles. The second-order valence-corrected chi connectivity index (χ2v) is 4.77. The van der Waals surface area contributed by atoms with E-state index >= 15 is 0 Å². The summed E-state index contributed by atoms with van der Waals surface area (Å²) >= 11 is 0. The predicted octanol–water partition coefficient (Wildman–Crippen LogP) is -0.508. The molecule has 0 saturated heterocycles. The molecule has 0 aliphatic carbocycles. The van der Waals surface area contributed by atoms with E-state index in [1.165, 1.54) is 7.85 Å². The maximum atomic E-state index is 11.8. The van der Waals surface area contributed by atoms with Gasteiger partial charge in [0.1, 0.15) is 6.61 Å². The van der Waals surface area contributed by atoms with E-state index in [0.717, 1.165) is 0 Å². The van der Waals surface area contributed by atoms with Gasteiger partial charge in [0.05, 0.1) is 25.0 Å². The van der Waals surface area contributed by atoms with Crippen LogP contribution in [-0.2, 0) is 14.3 Å². The molecule has 0 aliphatic heterocycles. The fraction of sp³-hybridized carbons (Fsp3) is 0.357. The number of benzene rings is 1. The Morgan fingerprint density at radius 2 is 1.86 bits per heavy atom. The minimum Gasteiger partial charge on any atom is -0.481 e. The van der Waals surface area contributed by atoms with Crippen LogP contribution in [0, 0.1) is 0 Å². The third-order valence-corrected chi connectivity index (χ3v) is 2.94.